The van der Waals surface area contributed by atoms with Crippen LogP contribution in [0, 0.1) is 0 Å². The molecule has 0 spiro atoms. The Labute approximate surface area is 78.8 Å². The standard InChI is InChI=1S/C10H13NS/c12-9-11-8-4-7-10-5-2-1-3-6-10/h1-3,5-6,9H,4,7-8H2,(H,11,12). The third-order valence-electron chi connectivity index (χ3n) is 1.71. The lowest BCUT2D eigenvalue weighted by molar-refractivity contribution is 0.784. The quantitative estimate of drug-likeness (QED) is 0.549. The molecule has 64 valence electrons. The highest BCUT2D eigenvalue weighted by Gasteiger charge is 1.89. The third kappa shape index (κ3) is 3.49. The Bertz CT molecular complexity index is 221. The SMILES string of the molecule is S=CNCCCc1ccccc1. The lowest BCUT2D eigenvalue weighted by atomic mass is 10.1. The van der Waals surface area contributed by atoms with Gasteiger partial charge >= 0.3 is 0 Å². The van der Waals surface area contributed by atoms with Gasteiger partial charge in [0, 0.05) is 6.54 Å². The Morgan fingerprint density at radius 3 is 2.67 bits per heavy atom. The highest BCUT2D eigenvalue weighted by molar-refractivity contribution is 7.78. The summed E-state index contributed by atoms with van der Waals surface area (Å²) in [4.78, 5) is 0. The first-order valence-corrected chi connectivity index (χ1v) is 4.61. The van der Waals surface area contributed by atoms with Crippen molar-refractivity contribution < 1.29 is 0 Å². The Morgan fingerprint density at radius 2 is 2.00 bits per heavy atom. The molecule has 0 saturated carbocycles. The van der Waals surface area contributed by atoms with Crippen molar-refractivity contribution in [1.29, 1.82) is 0 Å². The molecular weight excluding hydrogens is 166 g/mol. The maximum absolute atomic E-state index is 4.65. The summed E-state index contributed by atoms with van der Waals surface area (Å²) < 4.78 is 0. The predicted octanol–water partition coefficient (Wildman–Crippen LogP) is 2.17. The molecule has 0 aliphatic carbocycles. The van der Waals surface area contributed by atoms with E-state index in [4.69, 9.17) is 0 Å². The van der Waals surface area contributed by atoms with Crippen molar-refractivity contribution >= 4 is 17.7 Å². The number of benzene rings is 1. The van der Waals surface area contributed by atoms with Crippen LogP contribution < -0.4 is 5.32 Å². The summed E-state index contributed by atoms with van der Waals surface area (Å²) in [5, 5.41) is 3.01. The Balaban J connectivity index is 2.20. The van der Waals surface area contributed by atoms with Crippen molar-refractivity contribution in [2.45, 2.75) is 12.8 Å². The molecule has 2 heteroatoms. The number of aryl methyl sites for hydroxylation is 1. The first kappa shape index (κ1) is 9.20. The predicted molar refractivity (Wildman–Crippen MR) is 56.4 cm³/mol. The average Bonchev–Trinajstić information content (AvgIpc) is 2.14. The van der Waals surface area contributed by atoms with Gasteiger partial charge in [0.05, 0.1) is 5.49 Å². The summed E-state index contributed by atoms with van der Waals surface area (Å²) in [7, 11) is 0. The van der Waals surface area contributed by atoms with E-state index in [0.29, 0.717) is 0 Å². The summed E-state index contributed by atoms with van der Waals surface area (Å²) >= 11 is 4.65. The smallest absolute Gasteiger partial charge is 0.0614 e. The topological polar surface area (TPSA) is 12.0 Å². The largest absolute Gasteiger partial charge is 0.382 e. The average molecular weight is 179 g/mol. The van der Waals surface area contributed by atoms with E-state index in [-0.39, 0.29) is 0 Å². The van der Waals surface area contributed by atoms with Crippen molar-refractivity contribution in [3.63, 3.8) is 0 Å². The van der Waals surface area contributed by atoms with Gasteiger partial charge in [-0.1, -0.05) is 42.5 Å². The fourth-order valence-electron chi connectivity index (χ4n) is 1.10. The maximum Gasteiger partial charge on any atom is 0.0614 e. The van der Waals surface area contributed by atoms with Crippen LogP contribution >= 0.6 is 12.2 Å². The Kier molecular flexibility index (Phi) is 4.39. The highest BCUT2D eigenvalue weighted by Crippen LogP contribution is 2.00. The molecule has 0 atom stereocenters. The zero-order valence-corrected chi connectivity index (χ0v) is 7.81. The summed E-state index contributed by atoms with van der Waals surface area (Å²) in [6, 6.07) is 10.5. The third-order valence-corrected chi connectivity index (χ3v) is 1.88. The normalized spacial score (nSPS) is 9.33. The van der Waals surface area contributed by atoms with E-state index in [1.165, 1.54) is 5.56 Å². The first-order chi connectivity index (χ1) is 5.93. The summed E-state index contributed by atoms with van der Waals surface area (Å²) in [6.07, 6.45) is 2.26. The molecule has 0 aromatic heterocycles. The zero-order valence-electron chi connectivity index (χ0n) is 6.99. The second-order valence-electron chi connectivity index (χ2n) is 2.66. The molecular formula is C10H13NS. The summed E-state index contributed by atoms with van der Waals surface area (Å²) in [6.45, 7) is 0.971. The molecule has 12 heavy (non-hydrogen) atoms. The molecule has 0 fully saturated rings. The molecule has 1 aromatic carbocycles. The fraction of sp³-hybridized carbons (Fsp3) is 0.300. The van der Waals surface area contributed by atoms with Crippen LogP contribution in [-0.2, 0) is 6.42 Å². The zero-order chi connectivity index (χ0) is 8.65. The van der Waals surface area contributed by atoms with E-state index in [9.17, 15) is 0 Å². The lowest BCUT2D eigenvalue weighted by Crippen LogP contribution is -2.11. The molecule has 1 aromatic rings. The molecule has 0 unspecified atom stereocenters. The highest BCUT2D eigenvalue weighted by atomic mass is 32.1. The van der Waals surface area contributed by atoms with Crippen LogP contribution in [0.2, 0.25) is 0 Å². The number of rotatable bonds is 5. The molecule has 0 heterocycles. The van der Waals surface area contributed by atoms with Crippen molar-refractivity contribution in [2.75, 3.05) is 6.54 Å². The molecule has 0 saturated heterocycles. The lowest BCUT2D eigenvalue weighted by Gasteiger charge is -2.00. The van der Waals surface area contributed by atoms with E-state index in [2.05, 4.69) is 41.8 Å². The molecule has 0 aliphatic heterocycles. The number of thiocarbonyl (C=S) groups is 1. The van der Waals surface area contributed by atoms with E-state index < -0.39 is 0 Å². The second-order valence-corrected chi connectivity index (χ2v) is 2.90. The molecule has 0 aliphatic rings. The molecule has 0 bridgehead atoms. The van der Waals surface area contributed by atoms with Gasteiger partial charge in [-0.3, -0.25) is 0 Å². The number of hydrogen-bond acceptors (Lipinski definition) is 1. The van der Waals surface area contributed by atoms with Crippen LogP contribution in [0.15, 0.2) is 30.3 Å². The Hall–Kier alpha value is -0.890. The fourth-order valence-corrected chi connectivity index (χ4v) is 1.22. The second kappa shape index (κ2) is 5.72. The molecule has 0 amide bonds. The Morgan fingerprint density at radius 1 is 1.25 bits per heavy atom. The monoisotopic (exact) mass is 179 g/mol. The molecule has 1 rings (SSSR count). The van der Waals surface area contributed by atoms with Gasteiger partial charge < -0.3 is 5.32 Å². The van der Waals surface area contributed by atoms with Crippen LogP contribution in [-0.4, -0.2) is 12.0 Å². The van der Waals surface area contributed by atoms with Crippen molar-refractivity contribution in [3.05, 3.63) is 35.9 Å². The minimum absolute atomic E-state index is 0.971. The maximum atomic E-state index is 4.65. The van der Waals surface area contributed by atoms with Gasteiger partial charge in [-0.05, 0) is 18.4 Å². The molecule has 1 N–H and O–H groups in total. The van der Waals surface area contributed by atoms with Crippen LogP contribution in [0.3, 0.4) is 0 Å². The summed E-state index contributed by atoms with van der Waals surface area (Å²) in [5.41, 5.74) is 2.97. The van der Waals surface area contributed by atoms with Gasteiger partial charge in [0.2, 0.25) is 0 Å². The summed E-state index contributed by atoms with van der Waals surface area (Å²) in [5.74, 6) is 0. The van der Waals surface area contributed by atoms with Gasteiger partial charge in [-0.15, -0.1) is 0 Å². The minimum Gasteiger partial charge on any atom is -0.382 e. The van der Waals surface area contributed by atoms with E-state index in [1.807, 2.05) is 6.07 Å². The first-order valence-electron chi connectivity index (χ1n) is 4.14. The van der Waals surface area contributed by atoms with E-state index in [1.54, 1.807) is 5.49 Å². The minimum atomic E-state index is 0.971. The van der Waals surface area contributed by atoms with Crippen LogP contribution in [0.4, 0.5) is 0 Å². The van der Waals surface area contributed by atoms with Gasteiger partial charge in [0.25, 0.3) is 0 Å². The molecule has 1 nitrogen and oxygen atoms in total. The van der Waals surface area contributed by atoms with Gasteiger partial charge in [-0.25, -0.2) is 0 Å². The van der Waals surface area contributed by atoms with Gasteiger partial charge in [0.15, 0.2) is 0 Å². The van der Waals surface area contributed by atoms with E-state index >= 15 is 0 Å². The van der Waals surface area contributed by atoms with Crippen molar-refractivity contribution in [3.8, 4) is 0 Å². The van der Waals surface area contributed by atoms with Crippen LogP contribution in [0.1, 0.15) is 12.0 Å². The van der Waals surface area contributed by atoms with Crippen LogP contribution in [0.25, 0.3) is 0 Å². The number of hydrogen-bond donors (Lipinski definition) is 1. The molecule has 0 radical (unpaired) electrons. The number of nitrogens with one attached hydrogen (secondary N) is 1. The van der Waals surface area contributed by atoms with Gasteiger partial charge in [0.1, 0.15) is 0 Å². The van der Waals surface area contributed by atoms with Crippen molar-refractivity contribution in [1.82, 2.24) is 5.32 Å². The van der Waals surface area contributed by atoms with E-state index in [0.717, 1.165) is 19.4 Å². The van der Waals surface area contributed by atoms with Gasteiger partial charge in [-0.2, -0.15) is 0 Å². The van der Waals surface area contributed by atoms with Crippen molar-refractivity contribution in [2.24, 2.45) is 0 Å². The van der Waals surface area contributed by atoms with Crippen LogP contribution in [0.5, 0.6) is 0 Å².